The predicted octanol–water partition coefficient (Wildman–Crippen LogP) is 11.2. The van der Waals surface area contributed by atoms with Crippen molar-refractivity contribution in [2.45, 2.75) is 0 Å². The molecule has 9 aromatic rings. The van der Waals surface area contributed by atoms with Gasteiger partial charge in [0, 0.05) is 16.7 Å². The molecule has 1 heterocycles. The van der Waals surface area contributed by atoms with Crippen LogP contribution >= 0.6 is 0 Å². The summed E-state index contributed by atoms with van der Waals surface area (Å²) < 4.78 is 0. The Balaban J connectivity index is 1.23. The van der Waals surface area contributed by atoms with Crippen LogP contribution in [0.4, 0.5) is 0 Å². The Kier molecular flexibility index (Phi) is 6.14. The van der Waals surface area contributed by atoms with Crippen LogP contribution in [0, 0.1) is 0 Å². The van der Waals surface area contributed by atoms with Gasteiger partial charge in [0.05, 0.1) is 0 Å². The molecule has 3 heteroatoms. The minimum Gasteiger partial charge on any atom is -0.208 e. The van der Waals surface area contributed by atoms with Gasteiger partial charge in [-0.1, -0.05) is 152 Å². The zero-order chi connectivity index (χ0) is 30.5. The second-order valence-electron chi connectivity index (χ2n) is 11.6. The van der Waals surface area contributed by atoms with E-state index in [2.05, 4.69) is 103 Å². The molecule has 0 unspecified atom stereocenters. The summed E-state index contributed by atoms with van der Waals surface area (Å²) in [7, 11) is 0. The fourth-order valence-corrected chi connectivity index (χ4v) is 6.68. The van der Waals surface area contributed by atoms with Crippen molar-refractivity contribution in [3.8, 4) is 45.3 Å². The van der Waals surface area contributed by atoms with Crippen LogP contribution in [0.25, 0.3) is 88.4 Å². The molecule has 0 fully saturated rings. The lowest BCUT2D eigenvalue weighted by atomic mass is 9.89. The fourth-order valence-electron chi connectivity index (χ4n) is 6.68. The molecule has 0 radical (unpaired) electrons. The zero-order valence-electron chi connectivity index (χ0n) is 24.9. The highest BCUT2D eigenvalue weighted by atomic mass is 15.0. The molecule has 0 amide bonds. The van der Waals surface area contributed by atoms with E-state index in [-0.39, 0.29) is 0 Å². The summed E-state index contributed by atoms with van der Waals surface area (Å²) in [4.78, 5) is 14.8. The lowest BCUT2D eigenvalue weighted by Crippen LogP contribution is -2.00. The minimum absolute atomic E-state index is 0.651. The van der Waals surface area contributed by atoms with Gasteiger partial charge in [-0.15, -0.1) is 0 Å². The van der Waals surface area contributed by atoms with Crippen LogP contribution in [0.3, 0.4) is 0 Å². The maximum Gasteiger partial charge on any atom is 0.164 e. The second-order valence-corrected chi connectivity index (χ2v) is 11.6. The number of aromatic nitrogens is 3. The van der Waals surface area contributed by atoms with Gasteiger partial charge >= 0.3 is 0 Å². The molecule has 1 aromatic heterocycles. The maximum atomic E-state index is 4.97. The van der Waals surface area contributed by atoms with Gasteiger partial charge in [0.1, 0.15) is 0 Å². The van der Waals surface area contributed by atoms with Crippen LogP contribution in [0.2, 0.25) is 0 Å². The molecule has 3 nitrogen and oxygen atoms in total. The Hall–Kier alpha value is -6.19. The van der Waals surface area contributed by atoms with Gasteiger partial charge in [-0.2, -0.15) is 0 Å². The van der Waals surface area contributed by atoms with Crippen LogP contribution in [-0.4, -0.2) is 15.0 Å². The van der Waals surface area contributed by atoms with Gasteiger partial charge in [-0.3, -0.25) is 0 Å². The topological polar surface area (TPSA) is 38.7 Å². The van der Waals surface area contributed by atoms with Crippen molar-refractivity contribution in [1.82, 2.24) is 15.0 Å². The molecule has 0 aliphatic rings. The van der Waals surface area contributed by atoms with Crippen molar-refractivity contribution in [1.29, 1.82) is 0 Å². The average molecular weight is 586 g/mol. The quantitative estimate of drug-likeness (QED) is 0.193. The summed E-state index contributed by atoms with van der Waals surface area (Å²) in [6, 6.07) is 57.6. The Morgan fingerprint density at radius 2 is 0.739 bits per heavy atom. The first-order valence-corrected chi connectivity index (χ1v) is 15.5. The smallest absolute Gasteiger partial charge is 0.164 e. The fraction of sp³-hybridized carbons (Fsp3) is 0. The summed E-state index contributed by atoms with van der Waals surface area (Å²) in [6.07, 6.45) is 0. The molecule has 9 rings (SSSR count). The molecule has 214 valence electrons. The monoisotopic (exact) mass is 585 g/mol. The van der Waals surface area contributed by atoms with Crippen LogP contribution in [0.5, 0.6) is 0 Å². The summed E-state index contributed by atoms with van der Waals surface area (Å²) in [6.45, 7) is 0. The van der Waals surface area contributed by atoms with Crippen molar-refractivity contribution in [2.75, 3.05) is 0 Å². The maximum absolute atomic E-state index is 4.97. The van der Waals surface area contributed by atoms with Crippen molar-refractivity contribution < 1.29 is 0 Å². The number of fused-ring (bicyclic) bond motifs is 8. The van der Waals surface area contributed by atoms with Crippen LogP contribution in [0.1, 0.15) is 0 Å². The Bertz CT molecular complexity index is 2520. The molecule has 0 N–H and O–H groups in total. The number of hydrogen-bond acceptors (Lipinski definition) is 3. The molecule has 0 aliphatic carbocycles. The van der Waals surface area contributed by atoms with E-state index in [4.69, 9.17) is 15.0 Å². The van der Waals surface area contributed by atoms with Gasteiger partial charge in [-0.05, 0) is 66.3 Å². The van der Waals surface area contributed by atoms with E-state index >= 15 is 0 Å². The minimum atomic E-state index is 0.651. The van der Waals surface area contributed by atoms with E-state index in [1.165, 1.54) is 43.1 Å². The van der Waals surface area contributed by atoms with Gasteiger partial charge in [0.15, 0.2) is 17.5 Å². The molecule has 0 atom stereocenters. The summed E-state index contributed by atoms with van der Waals surface area (Å²) in [5.41, 5.74) is 5.13. The molecule has 0 spiro atoms. The third-order valence-corrected chi connectivity index (χ3v) is 8.88. The second kappa shape index (κ2) is 10.8. The van der Waals surface area contributed by atoms with E-state index in [1.54, 1.807) is 0 Å². The lowest BCUT2D eigenvalue weighted by Gasteiger charge is -2.14. The highest BCUT2D eigenvalue weighted by Gasteiger charge is 2.15. The third kappa shape index (κ3) is 4.41. The first kappa shape index (κ1) is 26.2. The molecule has 0 bridgehead atoms. The summed E-state index contributed by atoms with van der Waals surface area (Å²) >= 11 is 0. The van der Waals surface area contributed by atoms with E-state index in [9.17, 15) is 0 Å². The highest BCUT2D eigenvalue weighted by Crippen LogP contribution is 2.40. The van der Waals surface area contributed by atoms with Crippen molar-refractivity contribution in [3.05, 3.63) is 164 Å². The summed E-state index contributed by atoms with van der Waals surface area (Å²) in [5.74, 6) is 1.97. The predicted molar refractivity (Wildman–Crippen MR) is 192 cm³/mol. The average Bonchev–Trinajstić information content (AvgIpc) is 3.15. The third-order valence-electron chi connectivity index (χ3n) is 8.88. The Morgan fingerprint density at radius 1 is 0.261 bits per heavy atom. The van der Waals surface area contributed by atoms with Crippen LogP contribution in [0.15, 0.2) is 164 Å². The largest absolute Gasteiger partial charge is 0.208 e. The molecule has 0 saturated heterocycles. The normalized spacial score (nSPS) is 11.5. The van der Waals surface area contributed by atoms with Crippen molar-refractivity contribution in [3.63, 3.8) is 0 Å². The van der Waals surface area contributed by atoms with Crippen LogP contribution < -0.4 is 0 Å². The molecule has 0 saturated carbocycles. The molecular formula is C43H27N3. The van der Waals surface area contributed by atoms with E-state index < -0.39 is 0 Å². The van der Waals surface area contributed by atoms with Crippen molar-refractivity contribution >= 4 is 43.1 Å². The molecular weight excluding hydrogens is 558 g/mol. The SMILES string of the molecule is c1ccc(-c2nc(-c3ccccc3)nc(-c3cccc(-c4ccc5c(c4)c4ccccc4c4ccc6ccccc6c45)c3)n2)cc1. The molecule has 8 aromatic carbocycles. The number of benzene rings is 8. The van der Waals surface area contributed by atoms with Crippen LogP contribution in [-0.2, 0) is 0 Å². The van der Waals surface area contributed by atoms with E-state index in [0.29, 0.717) is 17.5 Å². The Morgan fingerprint density at radius 3 is 1.43 bits per heavy atom. The Labute approximate surface area is 266 Å². The standard InChI is InChI=1S/C43H27N3/c1-3-13-29(14-4-1)41-44-42(30-15-5-2-6-16-30)46-43(45-41)33-18-11-17-31(26-33)32-23-25-38-39(27-32)36-21-10-9-20-35(36)37-24-22-28-12-7-8-19-34(28)40(37)38/h1-27H. The first-order chi connectivity index (χ1) is 22.8. The van der Waals surface area contributed by atoms with Gasteiger partial charge < -0.3 is 0 Å². The highest BCUT2D eigenvalue weighted by molar-refractivity contribution is 6.31. The zero-order valence-corrected chi connectivity index (χ0v) is 24.9. The van der Waals surface area contributed by atoms with Gasteiger partial charge in [0.25, 0.3) is 0 Å². The van der Waals surface area contributed by atoms with E-state index in [0.717, 1.165) is 27.8 Å². The van der Waals surface area contributed by atoms with E-state index in [1.807, 2.05) is 60.7 Å². The number of nitrogens with zero attached hydrogens (tertiary/aromatic N) is 3. The van der Waals surface area contributed by atoms with Crippen molar-refractivity contribution in [2.24, 2.45) is 0 Å². The number of rotatable bonds is 4. The number of hydrogen-bond donors (Lipinski definition) is 0. The van der Waals surface area contributed by atoms with Gasteiger partial charge in [0.2, 0.25) is 0 Å². The first-order valence-electron chi connectivity index (χ1n) is 15.5. The molecule has 0 aliphatic heterocycles. The summed E-state index contributed by atoms with van der Waals surface area (Å²) in [5, 5.41) is 10.2. The lowest BCUT2D eigenvalue weighted by molar-refractivity contribution is 1.07. The molecule has 46 heavy (non-hydrogen) atoms. The van der Waals surface area contributed by atoms with Gasteiger partial charge in [-0.25, -0.2) is 15.0 Å².